The number of aliphatic hydroxyl groups is 1. The van der Waals surface area contributed by atoms with Gasteiger partial charge in [0.15, 0.2) is 11.6 Å². The van der Waals surface area contributed by atoms with Gasteiger partial charge in [-0.15, -0.1) is 0 Å². The number of aliphatic hydroxyl groups excluding tert-OH is 1. The van der Waals surface area contributed by atoms with E-state index in [4.69, 9.17) is 5.11 Å². The second-order valence-electron chi connectivity index (χ2n) is 2.34. The highest BCUT2D eigenvalue weighted by Gasteiger charge is 2.09. The molecule has 4 heteroatoms. The molecule has 0 bridgehead atoms. The zero-order chi connectivity index (χ0) is 9.14. The van der Waals surface area contributed by atoms with Crippen molar-refractivity contribution in [2.45, 2.75) is 6.10 Å². The fraction of sp³-hybridized carbons (Fsp3) is 0.250. The van der Waals surface area contributed by atoms with Gasteiger partial charge in [0.25, 0.3) is 0 Å². The molecule has 1 rings (SSSR count). The first-order valence-corrected chi connectivity index (χ1v) is 3.34. The van der Waals surface area contributed by atoms with E-state index >= 15 is 0 Å². The number of hydrogen-bond donors (Lipinski definition) is 1. The molecule has 0 aliphatic heterocycles. The third kappa shape index (κ3) is 1.76. The smallest absolute Gasteiger partial charge is 0.159 e. The summed E-state index contributed by atoms with van der Waals surface area (Å²) >= 11 is 0. The largest absolute Gasteiger partial charge is 0.386 e. The maximum atomic E-state index is 12.5. The van der Waals surface area contributed by atoms with Crippen LogP contribution in [0.25, 0.3) is 0 Å². The fourth-order valence-electron chi connectivity index (χ4n) is 0.809. The van der Waals surface area contributed by atoms with E-state index in [9.17, 15) is 13.2 Å². The Balaban J connectivity index is 2.96. The average molecular weight is 176 g/mol. The maximum absolute atomic E-state index is 12.5. The minimum absolute atomic E-state index is 0.0383. The SMILES string of the molecule is OC(CF)c1ccc(F)c(F)c1. The Hall–Kier alpha value is -1.03. The molecular weight excluding hydrogens is 169 g/mol. The Kier molecular flexibility index (Phi) is 2.70. The fourth-order valence-corrected chi connectivity index (χ4v) is 0.809. The summed E-state index contributed by atoms with van der Waals surface area (Å²) in [6.07, 6.45) is -1.37. The monoisotopic (exact) mass is 176 g/mol. The van der Waals surface area contributed by atoms with Gasteiger partial charge in [-0.25, -0.2) is 13.2 Å². The van der Waals surface area contributed by atoms with Gasteiger partial charge in [0.2, 0.25) is 0 Å². The van der Waals surface area contributed by atoms with Gasteiger partial charge < -0.3 is 5.11 Å². The molecule has 66 valence electrons. The topological polar surface area (TPSA) is 20.2 Å². The summed E-state index contributed by atoms with van der Waals surface area (Å²) in [5, 5.41) is 8.88. The molecule has 0 amide bonds. The molecule has 0 aromatic heterocycles. The van der Waals surface area contributed by atoms with Gasteiger partial charge in [-0.1, -0.05) is 6.07 Å². The molecule has 1 aromatic carbocycles. The summed E-state index contributed by atoms with van der Waals surface area (Å²) in [6, 6.07) is 2.77. The van der Waals surface area contributed by atoms with Crippen LogP contribution in [0.1, 0.15) is 11.7 Å². The van der Waals surface area contributed by atoms with E-state index < -0.39 is 24.4 Å². The summed E-state index contributed by atoms with van der Waals surface area (Å²) in [4.78, 5) is 0. The normalized spacial score (nSPS) is 13.0. The highest BCUT2D eigenvalue weighted by atomic mass is 19.2. The third-order valence-corrected chi connectivity index (χ3v) is 1.47. The van der Waals surface area contributed by atoms with Gasteiger partial charge in [-0.05, 0) is 17.7 Å². The number of alkyl halides is 1. The summed E-state index contributed by atoms with van der Waals surface area (Å²) in [5.74, 6) is -2.09. The van der Waals surface area contributed by atoms with Crippen LogP contribution in [0.3, 0.4) is 0 Å². The van der Waals surface area contributed by atoms with E-state index in [1.165, 1.54) is 0 Å². The van der Waals surface area contributed by atoms with Crippen LogP contribution in [0.15, 0.2) is 18.2 Å². The predicted molar refractivity (Wildman–Crippen MR) is 37.3 cm³/mol. The predicted octanol–water partition coefficient (Wildman–Crippen LogP) is 1.97. The van der Waals surface area contributed by atoms with Gasteiger partial charge in [0, 0.05) is 0 Å². The Morgan fingerprint density at radius 1 is 1.25 bits per heavy atom. The van der Waals surface area contributed by atoms with Crippen molar-refractivity contribution in [3.05, 3.63) is 35.4 Å². The molecule has 0 radical (unpaired) electrons. The van der Waals surface area contributed by atoms with E-state index in [1.807, 2.05) is 0 Å². The van der Waals surface area contributed by atoms with Crippen LogP contribution in [0.2, 0.25) is 0 Å². The third-order valence-electron chi connectivity index (χ3n) is 1.47. The Bertz CT molecular complexity index is 275. The molecule has 0 heterocycles. The minimum Gasteiger partial charge on any atom is -0.386 e. The molecule has 0 saturated carbocycles. The van der Waals surface area contributed by atoms with E-state index in [0.717, 1.165) is 18.2 Å². The zero-order valence-corrected chi connectivity index (χ0v) is 6.10. The van der Waals surface area contributed by atoms with E-state index in [1.54, 1.807) is 0 Å². The second kappa shape index (κ2) is 3.58. The maximum Gasteiger partial charge on any atom is 0.159 e. The number of halogens is 3. The van der Waals surface area contributed by atoms with Crippen molar-refractivity contribution in [3.63, 3.8) is 0 Å². The van der Waals surface area contributed by atoms with Crippen molar-refractivity contribution in [2.24, 2.45) is 0 Å². The quantitative estimate of drug-likeness (QED) is 0.730. The van der Waals surface area contributed by atoms with E-state index in [0.29, 0.717) is 0 Å². The van der Waals surface area contributed by atoms with Crippen LogP contribution in [-0.4, -0.2) is 11.8 Å². The van der Waals surface area contributed by atoms with Crippen molar-refractivity contribution in [3.8, 4) is 0 Å². The Labute approximate surface area is 67.5 Å². The van der Waals surface area contributed by atoms with Gasteiger partial charge in [0.1, 0.15) is 12.8 Å². The number of rotatable bonds is 2. The number of hydrogen-bond acceptors (Lipinski definition) is 1. The van der Waals surface area contributed by atoms with Crippen molar-refractivity contribution in [2.75, 3.05) is 6.67 Å². The van der Waals surface area contributed by atoms with Gasteiger partial charge in [-0.3, -0.25) is 0 Å². The lowest BCUT2D eigenvalue weighted by molar-refractivity contribution is 0.141. The molecule has 0 saturated heterocycles. The Morgan fingerprint density at radius 2 is 1.92 bits per heavy atom. The molecule has 0 fully saturated rings. The van der Waals surface area contributed by atoms with Crippen molar-refractivity contribution in [1.82, 2.24) is 0 Å². The molecule has 12 heavy (non-hydrogen) atoms. The standard InChI is InChI=1S/C8H7F3O/c9-4-8(12)5-1-2-6(10)7(11)3-5/h1-3,8,12H,4H2. The highest BCUT2D eigenvalue weighted by Crippen LogP contribution is 2.16. The molecule has 1 nitrogen and oxygen atoms in total. The van der Waals surface area contributed by atoms with Gasteiger partial charge in [0.05, 0.1) is 0 Å². The molecule has 1 N–H and O–H groups in total. The molecule has 1 unspecified atom stereocenters. The summed E-state index contributed by atoms with van der Waals surface area (Å²) in [7, 11) is 0. The van der Waals surface area contributed by atoms with Crippen LogP contribution in [-0.2, 0) is 0 Å². The van der Waals surface area contributed by atoms with Crippen LogP contribution in [0.4, 0.5) is 13.2 Å². The summed E-state index contributed by atoms with van der Waals surface area (Å²) < 4.78 is 36.6. The van der Waals surface area contributed by atoms with Gasteiger partial charge >= 0.3 is 0 Å². The van der Waals surface area contributed by atoms with E-state index in [-0.39, 0.29) is 5.56 Å². The molecule has 0 aliphatic carbocycles. The summed E-state index contributed by atoms with van der Waals surface area (Å²) in [5.41, 5.74) is 0.0383. The van der Waals surface area contributed by atoms with E-state index in [2.05, 4.69) is 0 Å². The van der Waals surface area contributed by atoms with Gasteiger partial charge in [-0.2, -0.15) is 0 Å². The molecule has 1 atom stereocenters. The first kappa shape index (κ1) is 9.06. The number of benzene rings is 1. The first-order chi connectivity index (χ1) is 5.65. The van der Waals surface area contributed by atoms with Crippen LogP contribution in [0, 0.1) is 11.6 Å². The molecule has 0 aliphatic rings. The zero-order valence-electron chi connectivity index (χ0n) is 6.10. The lowest BCUT2D eigenvalue weighted by Gasteiger charge is -2.05. The van der Waals surface area contributed by atoms with Crippen LogP contribution < -0.4 is 0 Å². The molecular formula is C8H7F3O. The van der Waals surface area contributed by atoms with Crippen molar-refractivity contribution >= 4 is 0 Å². The van der Waals surface area contributed by atoms with Crippen LogP contribution in [0.5, 0.6) is 0 Å². The first-order valence-electron chi connectivity index (χ1n) is 3.34. The second-order valence-corrected chi connectivity index (χ2v) is 2.34. The summed E-state index contributed by atoms with van der Waals surface area (Å²) in [6.45, 7) is -1.01. The van der Waals surface area contributed by atoms with Crippen molar-refractivity contribution in [1.29, 1.82) is 0 Å². The van der Waals surface area contributed by atoms with Crippen LogP contribution >= 0.6 is 0 Å². The minimum atomic E-state index is -1.37. The highest BCUT2D eigenvalue weighted by molar-refractivity contribution is 5.19. The molecule has 0 spiro atoms. The Morgan fingerprint density at radius 3 is 2.42 bits per heavy atom. The average Bonchev–Trinajstić information content (AvgIpc) is 2.08. The lowest BCUT2D eigenvalue weighted by atomic mass is 10.1. The molecule has 1 aromatic rings. The van der Waals surface area contributed by atoms with Crippen molar-refractivity contribution < 1.29 is 18.3 Å². The lowest BCUT2D eigenvalue weighted by Crippen LogP contribution is -2.00.